The second-order valence-corrected chi connectivity index (χ2v) is 12.3. The van der Waals surface area contributed by atoms with Crippen LogP contribution in [0.2, 0.25) is 0 Å². The summed E-state index contributed by atoms with van der Waals surface area (Å²) in [5.74, 6) is 0. The number of unbranched alkanes of at least 4 members (excludes halogenated alkanes) is 24. The molecule has 0 fully saturated rings. The molecule has 222 valence electrons. The summed E-state index contributed by atoms with van der Waals surface area (Å²) in [6.07, 6.45) is 40.6. The quantitative estimate of drug-likeness (QED) is 0.0944. The standard InChI is InChI=1S/C37H69N/c1-4-7-9-11-13-15-17-19-21-23-25-27-29-31-36-33-35(6-3)34-37(38-36)32-30-28-26-24-22-20-18-16-14-12-10-8-5-2/h33-34H,4-32H2,1-3H3. The molecular formula is C37H69N. The molecule has 0 atom stereocenters. The van der Waals surface area contributed by atoms with Crippen molar-refractivity contribution in [3.8, 4) is 0 Å². The average Bonchev–Trinajstić information content (AvgIpc) is 2.93. The molecule has 0 radical (unpaired) electrons. The van der Waals surface area contributed by atoms with Crippen LogP contribution >= 0.6 is 0 Å². The highest BCUT2D eigenvalue weighted by Gasteiger charge is 2.04. The Balaban J connectivity index is 2.03. The summed E-state index contributed by atoms with van der Waals surface area (Å²) in [6.45, 7) is 6.90. The number of hydrogen-bond acceptors (Lipinski definition) is 1. The second kappa shape index (κ2) is 27.7. The highest BCUT2D eigenvalue weighted by Crippen LogP contribution is 2.17. The van der Waals surface area contributed by atoms with E-state index in [4.69, 9.17) is 4.98 Å². The fourth-order valence-electron chi connectivity index (χ4n) is 5.83. The van der Waals surface area contributed by atoms with Crippen molar-refractivity contribution < 1.29 is 0 Å². The minimum Gasteiger partial charge on any atom is -0.258 e. The third kappa shape index (κ3) is 22.0. The van der Waals surface area contributed by atoms with E-state index in [2.05, 4.69) is 32.9 Å². The molecule has 1 aromatic rings. The summed E-state index contributed by atoms with van der Waals surface area (Å²) < 4.78 is 0. The van der Waals surface area contributed by atoms with Crippen molar-refractivity contribution in [2.24, 2.45) is 0 Å². The van der Waals surface area contributed by atoms with Crippen molar-refractivity contribution in [3.05, 3.63) is 29.1 Å². The van der Waals surface area contributed by atoms with E-state index in [9.17, 15) is 0 Å². The predicted molar refractivity (Wildman–Crippen MR) is 172 cm³/mol. The van der Waals surface area contributed by atoms with Gasteiger partial charge in [-0.3, -0.25) is 4.98 Å². The molecule has 0 N–H and O–H groups in total. The number of hydrogen-bond donors (Lipinski definition) is 0. The Labute approximate surface area is 240 Å². The lowest BCUT2D eigenvalue weighted by atomic mass is 10.0. The summed E-state index contributed by atoms with van der Waals surface area (Å²) in [7, 11) is 0. The Hall–Kier alpha value is -0.850. The number of rotatable bonds is 29. The first-order valence-corrected chi connectivity index (χ1v) is 17.8. The lowest BCUT2D eigenvalue weighted by Gasteiger charge is -2.09. The fraction of sp³-hybridized carbons (Fsp3) is 0.865. The maximum atomic E-state index is 5.07. The normalized spacial score (nSPS) is 11.4. The van der Waals surface area contributed by atoms with E-state index < -0.39 is 0 Å². The van der Waals surface area contributed by atoms with E-state index in [0.717, 1.165) is 6.42 Å². The average molecular weight is 528 g/mol. The van der Waals surface area contributed by atoms with Gasteiger partial charge in [0.15, 0.2) is 0 Å². The summed E-state index contributed by atoms with van der Waals surface area (Å²) in [6, 6.07) is 4.77. The molecule has 38 heavy (non-hydrogen) atoms. The van der Waals surface area contributed by atoms with E-state index >= 15 is 0 Å². The molecule has 1 heteroatoms. The largest absolute Gasteiger partial charge is 0.258 e. The van der Waals surface area contributed by atoms with Crippen LogP contribution in [0.1, 0.15) is 205 Å². The Bertz CT molecular complexity index is 558. The Kier molecular flexibility index (Phi) is 25.6. The Morgan fingerprint density at radius 1 is 0.368 bits per heavy atom. The summed E-state index contributed by atoms with van der Waals surface area (Å²) in [4.78, 5) is 5.07. The first-order chi connectivity index (χ1) is 18.8. The van der Waals surface area contributed by atoms with Crippen molar-refractivity contribution >= 4 is 0 Å². The van der Waals surface area contributed by atoms with Gasteiger partial charge in [-0.15, -0.1) is 0 Å². The van der Waals surface area contributed by atoms with Crippen LogP contribution in [0.15, 0.2) is 12.1 Å². The van der Waals surface area contributed by atoms with Crippen LogP contribution in [0.3, 0.4) is 0 Å². The number of pyridine rings is 1. The van der Waals surface area contributed by atoms with Crippen molar-refractivity contribution in [1.82, 2.24) is 4.98 Å². The van der Waals surface area contributed by atoms with Crippen LogP contribution in [0.4, 0.5) is 0 Å². The van der Waals surface area contributed by atoms with Gasteiger partial charge in [0, 0.05) is 11.4 Å². The van der Waals surface area contributed by atoms with Crippen LogP contribution in [0, 0.1) is 0 Å². The number of aryl methyl sites for hydroxylation is 3. The predicted octanol–water partition coefficient (Wildman–Crippen LogP) is 12.9. The van der Waals surface area contributed by atoms with Gasteiger partial charge in [-0.25, -0.2) is 0 Å². The zero-order valence-corrected chi connectivity index (χ0v) is 26.6. The van der Waals surface area contributed by atoms with Gasteiger partial charge in [0.05, 0.1) is 0 Å². The van der Waals surface area contributed by atoms with E-state index in [-0.39, 0.29) is 0 Å². The second-order valence-electron chi connectivity index (χ2n) is 12.3. The van der Waals surface area contributed by atoms with E-state index in [1.54, 1.807) is 0 Å². The van der Waals surface area contributed by atoms with Gasteiger partial charge in [-0.2, -0.15) is 0 Å². The summed E-state index contributed by atoms with van der Waals surface area (Å²) in [5.41, 5.74) is 4.21. The molecule has 0 spiro atoms. The summed E-state index contributed by atoms with van der Waals surface area (Å²) >= 11 is 0. The minimum absolute atomic E-state index is 1.14. The molecule has 0 aromatic carbocycles. The topological polar surface area (TPSA) is 12.9 Å². The third-order valence-electron chi connectivity index (χ3n) is 8.47. The van der Waals surface area contributed by atoms with E-state index in [0.29, 0.717) is 0 Å². The van der Waals surface area contributed by atoms with Crippen LogP contribution < -0.4 is 0 Å². The monoisotopic (exact) mass is 528 g/mol. The SMILES string of the molecule is CCCCCCCCCCCCCCCc1cc(CC)cc(CCCCCCCCCCCCCCC)n1. The molecule has 0 saturated carbocycles. The van der Waals surface area contributed by atoms with Gasteiger partial charge in [0.1, 0.15) is 0 Å². The zero-order valence-electron chi connectivity index (χ0n) is 26.6. The van der Waals surface area contributed by atoms with Crippen molar-refractivity contribution in [2.75, 3.05) is 0 Å². The van der Waals surface area contributed by atoms with Crippen LogP contribution in [0.5, 0.6) is 0 Å². The molecular weight excluding hydrogens is 458 g/mol. The number of aromatic nitrogens is 1. The van der Waals surface area contributed by atoms with Crippen LogP contribution in [-0.2, 0) is 19.3 Å². The minimum atomic E-state index is 1.14. The molecule has 1 nitrogen and oxygen atoms in total. The van der Waals surface area contributed by atoms with Gasteiger partial charge in [0.2, 0.25) is 0 Å². The third-order valence-corrected chi connectivity index (χ3v) is 8.47. The zero-order chi connectivity index (χ0) is 27.4. The first kappa shape index (κ1) is 35.2. The summed E-state index contributed by atoms with van der Waals surface area (Å²) in [5, 5.41) is 0. The smallest absolute Gasteiger partial charge is 0.0409 e. The lowest BCUT2D eigenvalue weighted by molar-refractivity contribution is 0.537. The number of nitrogens with zero attached hydrogens (tertiary/aromatic N) is 1. The maximum Gasteiger partial charge on any atom is 0.0409 e. The van der Waals surface area contributed by atoms with Gasteiger partial charge in [0.25, 0.3) is 0 Å². The molecule has 0 bridgehead atoms. The van der Waals surface area contributed by atoms with E-state index in [1.165, 1.54) is 197 Å². The van der Waals surface area contributed by atoms with Gasteiger partial charge >= 0.3 is 0 Å². The first-order valence-electron chi connectivity index (χ1n) is 17.8. The maximum absolute atomic E-state index is 5.07. The lowest BCUT2D eigenvalue weighted by Crippen LogP contribution is -1.99. The van der Waals surface area contributed by atoms with E-state index in [1.807, 2.05) is 0 Å². The Morgan fingerprint density at radius 3 is 0.895 bits per heavy atom. The molecule has 0 saturated heterocycles. The molecule has 0 unspecified atom stereocenters. The van der Waals surface area contributed by atoms with Gasteiger partial charge in [-0.05, 0) is 49.8 Å². The molecule has 0 aliphatic rings. The van der Waals surface area contributed by atoms with Crippen molar-refractivity contribution in [2.45, 2.75) is 207 Å². The van der Waals surface area contributed by atoms with Crippen LogP contribution in [-0.4, -0.2) is 4.98 Å². The molecule has 0 aliphatic heterocycles. The molecule has 1 aromatic heterocycles. The molecule has 0 aliphatic carbocycles. The molecule has 0 amide bonds. The van der Waals surface area contributed by atoms with Crippen LogP contribution in [0.25, 0.3) is 0 Å². The molecule has 1 heterocycles. The molecule has 1 rings (SSSR count). The highest BCUT2D eigenvalue weighted by atomic mass is 14.7. The Morgan fingerprint density at radius 2 is 0.632 bits per heavy atom. The van der Waals surface area contributed by atoms with Crippen molar-refractivity contribution in [3.63, 3.8) is 0 Å². The van der Waals surface area contributed by atoms with Gasteiger partial charge in [-0.1, -0.05) is 175 Å². The van der Waals surface area contributed by atoms with Gasteiger partial charge < -0.3 is 0 Å². The fourth-order valence-corrected chi connectivity index (χ4v) is 5.83. The highest BCUT2D eigenvalue weighted by molar-refractivity contribution is 5.22. The van der Waals surface area contributed by atoms with Crippen molar-refractivity contribution in [1.29, 1.82) is 0 Å².